The van der Waals surface area contributed by atoms with E-state index in [0.717, 1.165) is 11.1 Å². The average molecular weight is 352 g/mol. The van der Waals surface area contributed by atoms with Crippen LogP contribution in [-0.2, 0) is 4.84 Å². The van der Waals surface area contributed by atoms with Gasteiger partial charge in [-0.1, -0.05) is 52.8 Å². The summed E-state index contributed by atoms with van der Waals surface area (Å²) in [4.78, 5) is 19.3. The molecule has 0 unspecified atom stereocenters. The summed E-state index contributed by atoms with van der Waals surface area (Å²) in [5.41, 5.74) is 8.96. The summed E-state index contributed by atoms with van der Waals surface area (Å²) in [5.74, 6) is -0.296. The molecule has 0 spiro atoms. The number of carbonyl (C=O) groups is 1. The van der Waals surface area contributed by atoms with E-state index in [9.17, 15) is 4.79 Å². The lowest BCUT2D eigenvalue weighted by Gasteiger charge is -2.23. The molecular formula is C19H20N4O3. The Morgan fingerprint density at radius 3 is 2.42 bits per heavy atom. The third-order valence-corrected chi connectivity index (χ3v) is 4.34. The molecule has 0 aliphatic carbocycles. The van der Waals surface area contributed by atoms with Gasteiger partial charge in [-0.15, -0.1) is 0 Å². The van der Waals surface area contributed by atoms with Crippen molar-refractivity contribution in [1.82, 2.24) is 4.90 Å². The Labute approximate surface area is 151 Å². The molecule has 3 rings (SSSR count). The number of rotatable bonds is 4. The Bertz CT molecular complexity index is 832. The van der Waals surface area contributed by atoms with Crippen LogP contribution in [0.3, 0.4) is 0 Å². The topological polar surface area (TPSA) is 101 Å². The van der Waals surface area contributed by atoms with Crippen LogP contribution in [0.25, 0.3) is 11.1 Å². The molecule has 1 aliphatic rings. The van der Waals surface area contributed by atoms with Crippen molar-refractivity contribution in [2.45, 2.75) is 12.5 Å². The van der Waals surface area contributed by atoms with Crippen LogP contribution in [0.4, 0.5) is 0 Å². The summed E-state index contributed by atoms with van der Waals surface area (Å²) in [5, 5.41) is 16.0. The van der Waals surface area contributed by atoms with Gasteiger partial charge in [0.05, 0.1) is 5.71 Å². The highest BCUT2D eigenvalue weighted by molar-refractivity contribution is 6.14. The number of oxime groups is 2. The van der Waals surface area contributed by atoms with Crippen molar-refractivity contribution in [1.29, 1.82) is 0 Å². The largest absolute Gasteiger partial charge is 0.409 e. The molecule has 3 N–H and O–H groups in total. The van der Waals surface area contributed by atoms with Gasteiger partial charge in [0.2, 0.25) is 0 Å². The van der Waals surface area contributed by atoms with E-state index in [1.54, 1.807) is 12.1 Å². The highest BCUT2D eigenvalue weighted by Gasteiger charge is 2.38. The number of hydrogen-bond donors (Lipinski definition) is 2. The molecule has 134 valence electrons. The maximum atomic E-state index is 12.9. The Morgan fingerprint density at radius 1 is 1.15 bits per heavy atom. The fraction of sp³-hybridized carbons (Fsp3) is 0.211. The van der Waals surface area contributed by atoms with Crippen LogP contribution in [-0.4, -0.2) is 47.3 Å². The van der Waals surface area contributed by atoms with Crippen LogP contribution in [0.15, 0.2) is 64.9 Å². The molecule has 0 aromatic heterocycles. The van der Waals surface area contributed by atoms with Gasteiger partial charge in [0.15, 0.2) is 5.84 Å². The first-order chi connectivity index (χ1) is 12.7. The van der Waals surface area contributed by atoms with Crippen molar-refractivity contribution in [3.05, 3.63) is 60.2 Å². The van der Waals surface area contributed by atoms with Crippen molar-refractivity contribution < 1.29 is 14.8 Å². The molecule has 1 amide bonds. The highest BCUT2D eigenvalue weighted by atomic mass is 16.6. The summed E-state index contributed by atoms with van der Waals surface area (Å²) < 4.78 is 0. The molecule has 2 aromatic rings. The van der Waals surface area contributed by atoms with Gasteiger partial charge >= 0.3 is 0 Å². The fourth-order valence-corrected chi connectivity index (χ4v) is 3.10. The van der Waals surface area contributed by atoms with Crippen molar-refractivity contribution in [2.75, 3.05) is 13.7 Å². The number of likely N-dealkylation sites (tertiary alicyclic amines) is 1. The summed E-state index contributed by atoms with van der Waals surface area (Å²) in [7, 11) is 1.42. The Morgan fingerprint density at radius 2 is 1.81 bits per heavy atom. The van der Waals surface area contributed by atoms with Crippen molar-refractivity contribution in [2.24, 2.45) is 16.0 Å². The van der Waals surface area contributed by atoms with Gasteiger partial charge in [-0.05, 0) is 23.3 Å². The quantitative estimate of drug-likeness (QED) is 0.382. The van der Waals surface area contributed by atoms with Crippen molar-refractivity contribution in [3.63, 3.8) is 0 Å². The normalized spacial score (nSPS) is 19.0. The van der Waals surface area contributed by atoms with Gasteiger partial charge in [0.25, 0.3) is 5.91 Å². The Balaban J connectivity index is 1.85. The van der Waals surface area contributed by atoms with Gasteiger partial charge < -0.3 is 20.7 Å². The second-order valence-corrected chi connectivity index (χ2v) is 5.88. The Kier molecular flexibility index (Phi) is 5.17. The maximum absolute atomic E-state index is 12.9. The minimum atomic E-state index is -0.707. The third-order valence-electron chi connectivity index (χ3n) is 4.34. The lowest BCUT2D eigenvalue weighted by Crippen LogP contribution is -2.47. The zero-order valence-corrected chi connectivity index (χ0v) is 14.4. The first-order valence-electron chi connectivity index (χ1n) is 8.19. The van der Waals surface area contributed by atoms with Crippen molar-refractivity contribution >= 4 is 17.5 Å². The summed E-state index contributed by atoms with van der Waals surface area (Å²) in [6.45, 7) is 0.419. The Hall–Kier alpha value is -3.35. The second kappa shape index (κ2) is 7.69. The number of carbonyl (C=O) groups excluding carboxylic acids is 1. The molecule has 1 aliphatic heterocycles. The standard InChI is InChI=1S/C19H20N4O3/c1-26-22-16-11-12-23(17(16)18(20)21-25)19(24)15-9-7-14(8-10-15)13-5-3-2-4-6-13/h2-10,17,25H,11-12H2,1H3,(H2,20,21)/t17-/m0/s1. The van der Waals surface area contributed by atoms with E-state index in [2.05, 4.69) is 10.3 Å². The molecule has 7 heteroatoms. The minimum Gasteiger partial charge on any atom is -0.409 e. The molecule has 0 saturated carbocycles. The number of nitrogens with two attached hydrogens (primary N) is 1. The van der Waals surface area contributed by atoms with Gasteiger partial charge in [-0.2, -0.15) is 0 Å². The van der Waals surface area contributed by atoms with E-state index in [1.807, 2.05) is 42.5 Å². The fourth-order valence-electron chi connectivity index (χ4n) is 3.10. The van der Waals surface area contributed by atoms with Crippen LogP contribution in [0.2, 0.25) is 0 Å². The highest BCUT2D eigenvalue weighted by Crippen LogP contribution is 2.22. The molecule has 1 fully saturated rings. The number of nitrogens with zero attached hydrogens (tertiary/aromatic N) is 3. The van der Waals surface area contributed by atoms with Crippen LogP contribution in [0.5, 0.6) is 0 Å². The van der Waals surface area contributed by atoms with E-state index in [4.69, 9.17) is 15.8 Å². The SMILES string of the molecule is CON=C1CCN(C(=O)c2ccc(-c3ccccc3)cc2)[C@@H]1C(N)=NO. The van der Waals surface area contributed by atoms with Gasteiger partial charge in [0.1, 0.15) is 13.2 Å². The van der Waals surface area contributed by atoms with Gasteiger partial charge in [-0.25, -0.2) is 0 Å². The van der Waals surface area contributed by atoms with Gasteiger partial charge in [-0.3, -0.25) is 4.79 Å². The number of amidine groups is 1. The number of hydrogen-bond acceptors (Lipinski definition) is 5. The van der Waals surface area contributed by atoms with Crippen LogP contribution in [0, 0.1) is 0 Å². The van der Waals surface area contributed by atoms with E-state index >= 15 is 0 Å². The lowest BCUT2D eigenvalue weighted by atomic mass is 10.0. The van der Waals surface area contributed by atoms with E-state index in [0.29, 0.717) is 24.2 Å². The molecule has 1 atom stereocenters. The second-order valence-electron chi connectivity index (χ2n) is 5.88. The molecule has 0 radical (unpaired) electrons. The lowest BCUT2D eigenvalue weighted by molar-refractivity contribution is 0.0777. The molecular weight excluding hydrogens is 332 g/mol. The first-order valence-corrected chi connectivity index (χ1v) is 8.19. The predicted octanol–water partition coefficient (Wildman–Crippen LogP) is 2.32. The minimum absolute atomic E-state index is 0.0902. The monoisotopic (exact) mass is 352 g/mol. The molecule has 1 saturated heterocycles. The third kappa shape index (κ3) is 3.37. The van der Waals surface area contributed by atoms with E-state index < -0.39 is 6.04 Å². The van der Waals surface area contributed by atoms with E-state index in [-0.39, 0.29) is 11.7 Å². The van der Waals surface area contributed by atoms with Gasteiger partial charge in [0, 0.05) is 18.5 Å². The van der Waals surface area contributed by atoms with Crippen LogP contribution < -0.4 is 5.73 Å². The summed E-state index contributed by atoms with van der Waals surface area (Å²) >= 11 is 0. The number of benzene rings is 2. The smallest absolute Gasteiger partial charge is 0.254 e. The first kappa shape index (κ1) is 17.5. The predicted molar refractivity (Wildman–Crippen MR) is 99.2 cm³/mol. The van der Waals surface area contributed by atoms with Crippen LogP contribution >= 0.6 is 0 Å². The molecule has 7 nitrogen and oxygen atoms in total. The summed E-state index contributed by atoms with van der Waals surface area (Å²) in [6, 6.07) is 16.6. The molecule has 26 heavy (non-hydrogen) atoms. The average Bonchev–Trinajstić information content (AvgIpc) is 3.11. The summed E-state index contributed by atoms with van der Waals surface area (Å²) in [6.07, 6.45) is 0.503. The molecule has 1 heterocycles. The van der Waals surface area contributed by atoms with E-state index in [1.165, 1.54) is 12.0 Å². The maximum Gasteiger partial charge on any atom is 0.254 e. The molecule has 0 bridgehead atoms. The van der Waals surface area contributed by atoms with Crippen molar-refractivity contribution in [3.8, 4) is 11.1 Å². The molecule has 2 aromatic carbocycles. The zero-order chi connectivity index (χ0) is 18.5. The van der Waals surface area contributed by atoms with Crippen LogP contribution in [0.1, 0.15) is 16.8 Å². The number of amides is 1. The zero-order valence-electron chi connectivity index (χ0n) is 14.4.